The van der Waals surface area contributed by atoms with Crippen LogP contribution >= 0.6 is 12.6 Å². The Hall–Kier alpha value is -4.23. The predicted octanol–water partition coefficient (Wildman–Crippen LogP) is 4.12. The monoisotopic (exact) mass is 539 g/mol. The number of nitriles is 1. The Balaban J connectivity index is 1.70. The third kappa shape index (κ3) is 4.74. The third-order valence-electron chi connectivity index (χ3n) is 6.99. The topological polar surface area (TPSA) is 140 Å². The summed E-state index contributed by atoms with van der Waals surface area (Å²) in [5.41, 5.74) is 11.7. The summed E-state index contributed by atoms with van der Waals surface area (Å²) in [4.78, 5) is 40.2. The summed E-state index contributed by atoms with van der Waals surface area (Å²) in [6.45, 7) is 8.42. The van der Waals surface area contributed by atoms with Crippen molar-refractivity contribution in [3.8, 4) is 17.2 Å². The highest BCUT2D eigenvalue weighted by Gasteiger charge is 2.36. The Morgan fingerprint density at radius 2 is 2.00 bits per heavy atom. The van der Waals surface area contributed by atoms with E-state index in [-0.39, 0.29) is 28.7 Å². The van der Waals surface area contributed by atoms with Crippen LogP contribution < -0.4 is 11.1 Å². The first kappa shape index (κ1) is 26.4. The van der Waals surface area contributed by atoms with Crippen LogP contribution in [0.2, 0.25) is 0 Å². The smallest absolute Gasteiger partial charge is 0.254 e. The molecule has 0 aromatic carbocycles. The molecule has 0 fully saturated rings. The summed E-state index contributed by atoms with van der Waals surface area (Å²) in [5, 5.41) is 12.5. The van der Waals surface area contributed by atoms with Crippen LogP contribution in [0.4, 0.5) is 0 Å². The number of primary amides is 1. The highest BCUT2D eigenvalue weighted by atomic mass is 32.1. The van der Waals surface area contributed by atoms with Crippen LogP contribution in [0.3, 0.4) is 0 Å². The molecule has 39 heavy (non-hydrogen) atoms. The number of nitrogens with one attached hydrogen (secondary N) is 1. The Bertz CT molecular complexity index is 1670. The first-order valence-corrected chi connectivity index (χ1v) is 13.3. The van der Waals surface area contributed by atoms with Gasteiger partial charge in [0.25, 0.3) is 11.8 Å². The van der Waals surface area contributed by atoms with Gasteiger partial charge in [-0.25, -0.2) is 4.98 Å². The maximum absolute atomic E-state index is 13.3. The minimum Gasteiger partial charge on any atom is -0.366 e. The van der Waals surface area contributed by atoms with Crippen molar-refractivity contribution >= 4 is 35.5 Å². The van der Waals surface area contributed by atoms with Gasteiger partial charge in [0, 0.05) is 40.6 Å². The standard InChI is InChI=1S/C29H29N7O2S/c1-14(2)7-21-23(27(31)37)22(24-25(35-21)26(39)16(4)34-29(24)38)19-9-18-8-15(3)36(28(18)33-12-19)13-20-6-5-17(10-30)11-32-20/h5-6,8-9,11-12,14,16,26,39H,7,13H2,1-4H3,(H2,31,37)(H,34,38). The second-order valence-electron chi connectivity index (χ2n) is 10.4. The molecule has 0 aliphatic carbocycles. The Morgan fingerprint density at radius 3 is 2.64 bits per heavy atom. The van der Waals surface area contributed by atoms with E-state index in [1.54, 1.807) is 18.5 Å². The first-order chi connectivity index (χ1) is 18.6. The number of carbonyl (C=O) groups is 2. The molecular formula is C29H29N7O2S. The zero-order valence-electron chi connectivity index (χ0n) is 22.2. The van der Waals surface area contributed by atoms with Gasteiger partial charge in [-0.15, -0.1) is 0 Å². The molecule has 9 nitrogen and oxygen atoms in total. The number of aryl methyl sites for hydroxylation is 1. The zero-order valence-corrected chi connectivity index (χ0v) is 23.1. The molecule has 3 N–H and O–H groups in total. The molecule has 5 rings (SSSR count). The van der Waals surface area contributed by atoms with Crippen LogP contribution in [-0.2, 0) is 13.0 Å². The second kappa shape index (κ2) is 10.2. The lowest BCUT2D eigenvalue weighted by Crippen LogP contribution is -2.42. The van der Waals surface area contributed by atoms with Gasteiger partial charge in [-0.05, 0) is 50.5 Å². The molecule has 4 aromatic heterocycles. The maximum Gasteiger partial charge on any atom is 0.254 e. The first-order valence-electron chi connectivity index (χ1n) is 12.8. The fraction of sp³-hybridized carbons (Fsp3) is 0.310. The van der Waals surface area contributed by atoms with E-state index in [0.29, 0.717) is 46.6 Å². The van der Waals surface area contributed by atoms with Crippen molar-refractivity contribution in [2.75, 3.05) is 0 Å². The molecule has 1 aliphatic heterocycles. The minimum absolute atomic E-state index is 0.211. The number of rotatable bonds is 6. The van der Waals surface area contributed by atoms with Gasteiger partial charge in [0.05, 0.1) is 45.6 Å². The van der Waals surface area contributed by atoms with Crippen LogP contribution in [0.1, 0.15) is 75.1 Å². The van der Waals surface area contributed by atoms with E-state index in [0.717, 1.165) is 22.4 Å². The van der Waals surface area contributed by atoms with Crippen molar-refractivity contribution < 1.29 is 9.59 Å². The Morgan fingerprint density at radius 1 is 1.23 bits per heavy atom. The lowest BCUT2D eigenvalue weighted by molar-refractivity contribution is 0.0928. The van der Waals surface area contributed by atoms with E-state index in [1.165, 1.54) is 0 Å². The highest BCUT2D eigenvalue weighted by molar-refractivity contribution is 7.80. The van der Waals surface area contributed by atoms with Crippen molar-refractivity contribution in [1.82, 2.24) is 24.8 Å². The fourth-order valence-electron chi connectivity index (χ4n) is 5.14. The van der Waals surface area contributed by atoms with E-state index >= 15 is 0 Å². The molecule has 0 spiro atoms. The molecule has 0 saturated heterocycles. The molecule has 5 heterocycles. The van der Waals surface area contributed by atoms with Crippen LogP contribution in [0, 0.1) is 24.2 Å². The molecule has 198 valence electrons. The quantitative estimate of drug-likeness (QED) is 0.315. The molecule has 4 aromatic rings. The van der Waals surface area contributed by atoms with E-state index in [1.807, 2.05) is 50.5 Å². The van der Waals surface area contributed by atoms with Gasteiger partial charge in [-0.1, -0.05) is 13.8 Å². The van der Waals surface area contributed by atoms with E-state index < -0.39 is 5.91 Å². The number of nitrogens with two attached hydrogens (primary N) is 1. The normalized spacial score (nSPS) is 16.7. The number of amides is 2. The SMILES string of the molecule is Cc1cc2cc(-c3c(C(N)=O)c(CC(C)C)nc4c3C(=O)NC(C)C4S)cnc2n1Cc1ccc(C#N)cn1. The van der Waals surface area contributed by atoms with E-state index in [9.17, 15) is 9.59 Å². The van der Waals surface area contributed by atoms with Gasteiger partial charge in [0.1, 0.15) is 11.7 Å². The molecule has 1 aliphatic rings. The van der Waals surface area contributed by atoms with E-state index in [4.69, 9.17) is 33.6 Å². The number of aromatic nitrogens is 4. The summed E-state index contributed by atoms with van der Waals surface area (Å²) < 4.78 is 2.03. The number of hydrogen-bond donors (Lipinski definition) is 3. The van der Waals surface area contributed by atoms with Crippen molar-refractivity contribution in [1.29, 1.82) is 5.26 Å². The molecule has 0 saturated carbocycles. The molecular weight excluding hydrogens is 510 g/mol. The molecule has 0 bridgehead atoms. The lowest BCUT2D eigenvalue weighted by Gasteiger charge is -2.31. The zero-order chi connectivity index (χ0) is 28.0. The maximum atomic E-state index is 13.3. The number of fused-ring (bicyclic) bond motifs is 2. The highest BCUT2D eigenvalue weighted by Crippen LogP contribution is 2.40. The van der Waals surface area contributed by atoms with E-state index in [2.05, 4.69) is 16.4 Å². The average molecular weight is 540 g/mol. The van der Waals surface area contributed by atoms with Gasteiger partial charge in [0.15, 0.2) is 0 Å². The average Bonchev–Trinajstić information content (AvgIpc) is 3.20. The number of nitrogens with zero attached hydrogens (tertiary/aromatic N) is 5. The number of thiol groups is 1. The summed E-state index contributed by atoms with van der Waals surface area (Å²) in [7, 11) is 0. The van der Waals surface area contributed by atoms with Crippen molar-refractivity contribution in [2.24, 2.45) is 11.7 Å². The van der Waals surface area contributed by atoms with Crippen molar-refractivity contribution in [3.05, 3.63) is 76.1 Å². The molecule has 2 amide bonds. The Kier molecular flexibility index (Phi) is 6.87. The molecule has 0 radical (unpaired) electrons. The van der Waals surface area contributed by atoms with Gasteiger partial charge in [0.2, 0.25) is 0 Å². The largest absolute Gasteiger partial charge is 0.366 e. The van der Waals surface area contributed by atoms with Crippen molar-refractivity contribution in [2.45, 2.75) is 52.0 Å². The molecule has 2 atom stereocenters. The summed E-state index contributed by atoms with van der Waals surface area (Å²) in [5.74, 6) is -0.744. The number of hydrogen-bond acceptors (Lipinski definition) is 7. The van der Waals surface area contributed by atoms with Gasteiger partial charge < -0.3 is 15.6 Å². The van der Waals surface area contributed by atoms with Crippen LogP contribution in [-0.4, -0.2) is 37.4 Å². The third-order valence-corrected chi connectivity index (χ3v) is 7.68. The second-order valence-corrected chi connectivity index (χ2v) is 11.0. The van der Waals surface area contributed by atoms with Gasteiger partial charge >= 0.3 is 0 Å². The Labute approximate surface area is 231 Å². The molecule has 2 unspecified atom stereocenters. The lowest BCUT2D eigenvalue weighted by atomic mass is 9.86. The minimum atomic E-state index is -0.640. The molecule has 10 heteroatoms. The predicted molar refractivity (Wildman–Crippen MR) is 151 cm³/mol. The summed E-state index contributed by atoms with van der Waals surface area (Å²) >= 11 is 4.76. The number of carbonyl (C=O) groups excluding carboxylic acids is 2. The van der Waals surface area contributed by atoms with Gasteiger partial charge in [-0.3, -0.25) is 19.6 Å². The van der Waals surface area contributed by atoms with Crippen LogP contribution in [0.15, 0.2) is 36.7 Å². The van der Waals surface area contributed by atoms with Crippen LogP contribution in [0.5, 0.6) is 0 Å². The van der Waals surface area contributed by atoms with Gasteiger partial charge in [-0.2, -0.15) is 17.9 Å². The number of pyridine rings is 3. The van der Waals surface area contributed by atoms with Crippen molar-refractivity contribution in [3.63, 3.8) is 0 Å². The van der Waals surface area contributed by atoms with Crippen LogP contribution in [0.25, 0.3) is 22.2 Å². The fourth-order valence-corrected chi connectivity index (χ4v) is 5.40. The summed E-state index contributed by atoms with van der Waals surface area (Å²) in [6.07, 6.45) is 3.75. The summed E-state index contributed by atoms with van der Waals surface area (Å²) in [6, 6.07) is 9.35.